The van der Waals surface area contributed by atoms with Gasteiger partial charge in [-0.25, -0.2) is 0 Å². The molecule has 1 saturated heterocycles. The number of ether oxygens (including phenoxy) is 1. The van der Waals surface area contributed by atoms with Gasteiger partial charge in [0.1, 0.15) is 0 Å². The molecule has 1 fully saturated rings. The molecule has 1 aliphatic heterocycles. The maximum atomic E-state index is 11.7. The molecule has 5 heteroatoms. The molecule has 0 aromatic heterocycles. The molecule has 0 spiro atoms. The normalized spacial score (nSPS) is 23.5. The molecule has 0 bridgehead atoms. The van der Waals surface area contributed by atoms with Crippen molar-refractivity contribution < 1.29 is 14.0 Å². The Morgan fingerprint density at radius 1 is 1.17 bits per heavy atom. The zero-order chi connectivity index (χ0) is 18.8. The first-order valence-corrected chi connectivity index (χ1v) is 12.3. The summed E-state index contributed by atoms with van der Waals surface area (Å²) in [7, 11) is -1.76. The van der Waals surface area contributed by atoms with E-state index in [2.05, 4.69) is 59.5 Å². The number of carbonyl (C=O) groups is 1. The summed E-state index contributed by atoms with van der Waals surface area (Å²) in [6, 6.07) is 0.393. The van der Waals surface area contributed by atoms with E-state index in [4.69, 9.17) is 9.16 Å². The Morgan fingerprint density at radius 2 is 1.75 bits per heavy atom. The first-order chi connectivity index (χ1) is 10.8. The van der Waals surface area contributed by atoms with Gasteiger partial charge < -0.3 is 9.16 Å². The highest BCUT2D eigenvalue weighted by Crippen LogP contribution is 2.40. The number of rotatable bonds is 6. The van der Waals surface area contributed by atoms with Crippen LogP contribution in [0.15, 0.2) is 0 Å². The van der Waals surface area contributed by atoms with Crippen molar-refractivity contribution in [3.05, 3.63) is 0 Å². The van der Waals surface area contributed by atoms with Crippen molar-refractivity contribution in [2.45, 2.75) is 104 Å². The fourth-order valence-corrected chi connectivity index (χ4v) is 4.52. The Morgan fingerprint density at radius 3 is 2.21 bits per heavy atom. The second-order valence-corrected chi connectivity index (χ2v) is 14.3. The van der Waals surface area contributed by atoms with Crippen LogP contribution in [-0.4, -0.2) is 50.0 Å². The number of carbonyl (C=O) groups excluding carboxylic acids is 1. The van der Waals surface area contributed by atoms with Crippen molar-refractivity contribution in [2.75, 3.05) is 13.2 Å². The third kappa shape index (κ3) is 5.85. The lowest BCUT2D eigenvalue weighted by Gasteiger charge is -2.39. The number of esters is 1. The second kappa shape index (κ2) is 7.88. The minimum absolute atomic E-state index is 0.0832. The van der Waals surface area contributed by atoms with Crippen LogP contribution in [-0.2, 0) is 14.0 Å². The minimum Gasteiger partial charge on any atom is -0.466 e. The third-order valence-electron chi connectivity index (χ3n) is 5.49. The Balaban J connectivity index is 2.75. The average Bonchev–Trinajstić information content (AvgIpc) is 2.77. The molecule has 0 aromatic rings. The molecule has 2 atom stereocenters. The molecular weight excluding hydrogens is 318 g/mol. The van der Waals surface area contributed by atoms with E-state index in [0.29, 0.717) is 19.1 Å². The van der Waals surface area contributed by atoms with E-state index in [1.165, 1.54) is 0 Å². The van der Waals surface area contributed by atoms with Crippen LogP contribution in [0.3, 0.4) is 0 Å². The van der Waals surface area contributed by atoms with Gasteiger partial charge in [0, 0.05) is 24.5 Å². The number of hydrogen-bond donors (Lipinski definition) is 0. The molecule has 0 aromatic carbocycles. The van der Waals surface area contributed by atoms with E-state index < -0.39 is 8.32 Å². The summed E-state index contributed by atoms with van der Waals surface area (Å²) >= 11 is 0. The van der Waals surface area contributed by atoms with E-state index >= 15 is 0 Å². The lowest BCUT2D eigenvalue weighted by atomic mass is 10.0. The van der Waals surface area contributed by atoms with E-state index in [1.54, 1.807) is 0 Å². The summed E-state index contributed by atoms with van der Waals surface area (Å²) in [6.45, 7) is 21.5. The highest BCUT2D eigenvalue weighted by Gasteiger charge is 2.44. The molecule has 1 aliphatic rings. The fourth-order valence-electron chi connectivity index (χ4n) is 3.17. The van der Waals surface area contributed by atoms with Crippen LogP contribution in [0.4, 0.5) is 0 Å². The average molecular weight is 358 g/mol. The fraction of sp³-hybridized carbons (Fsp3) is 0.947. The van der Waals surface area contributed by atoms with Gasteiger partial charge in [-0.1, -0.05) is 20.8 Å². The van der Waals surface area contributed by atoms with Gasteiger partial charge >= 0.3 is 5.97 Å². The predicted octanol–water partition coefficient (Wildman–Crippen LogP) is 4.59. The quantitative estimate of drug-likeness (QED) is 0.515. The topological polar surface area (TPSA) is 38.8 Å². The Hall–Kier alpha value is -0.393. The SMILES string of the molecule is CCOC(=O)CC[C@@H]1C[C@@H](O[Si](C)(C)C(C)(C)C)CN1C(C)(C)C. The maximum absolute atomic E-state index is 11.7. The van der Waals surface area contributed by atoms with E-state index in [-0.39, 0.29) is 22.7 Å². The lowest BCUT2D eigenvalue weighted by Crippen LogP contribution is -2.47. The monoisotopic (exact) mass is 357 g/mol. The van der Waals surface area contributed by atoms with Crippen LogP contribution in [0.5, 0.6) is 0 Å². The van der Waals surface area contributed by atoms with Gasteiger partial charge in [0.25, 0.3) is 0 Å². The summed E-state index contributed by atoms with van der Waals surface area (Å²) in [5.74, 6) is -0.0832. The van der Waals surface area contributed by atoms with Gasteiger partial charge in [-0.3, -0.25) is 9.69 Å². The highest BCUT2D eigenvalue weighted by molar-refractivity contribution is 6.74. The molecule has 1 heterocycles. The van der Waals surface area contributed by atoms with Crippen LogP contribution in [0, 0.1) is 0 Å². The van der Waals surface area contributed by atoms with Gasteiger partial charge in [-0.15, -0.1) is 0 Å². The molecule has 24 heavy (non-hydrogen) atoms. The molecule has 0 aliphatic carbocycles. The predicted molar refractivity (Wildman–Crippen MR) is 103 cm³/mol. The van der Waals surface area contributed by atoms with Gasteiger partial charge in [0.2, 0.25) is 0 Å². The van der Waals surface area contributed by atoms with Crippen molar-refractivity contribution in [3.8, 4) is 0 Å². The van der Waals surface area contributed by atoms with Crippen LogP contribution in [0.2, 0.25) is 18.1 Å². The summed E-state index contributed by atoms with van der Waals surface area (Å²) in [5, 5.41) is 0.225. The van der Waals surface area contributed by atoms with Crippen molar-refractivity contribution in [3.63, 3.8) is 0 Å². The summed E-state index contributed by atoms with van der Waals surface area (Å²) in [4.78, 5) is 14.3. The molecule has 142 valence electrons. The largest absolute Gasteiger partial charge is 0.466 e. The second-order valence-electron chi connectivity index (χ2n) is 9.56. The molecule has 0 N–H and O–H groups in total. The molecule has 0 amide bonds. The van der Waals surface area contributed by atoms with Gasteiger partial charge in [-0.05, 0) is 58.7 Å². The molecule has 1 rings (SSSR count). The Kier molecular flexibility index (Phi) is 7.10. The first-order valence-electron chi connectivity index (χ1n) is 9.38. The summed E-state index contributed by atoms with van der Waals surface area (Å²) < 4.78 is 11.7. The van der Waals surface area contributed by atoms with Crippen LogP contribution in [0.1, 0.15) is 67.7 Å². The van der Waals surface area contributed by atoms with Crippen molar-refractivity contribution >= 4 is 14.3 Å². The molecule has 4 nitrogen and oxygen atoms in total. The Bertz CT molecular complexity index is 423. The van der Waals surface area contributed by atoms with Gasteiger partial charge in [-0.2, -0.15) is 0 Å². The van der Waals surface area contributed by atoms with E-state index in [9.17, 15) is 4.79 Å². The van der Waals surface area contributed by atoms with E-state index in [0.717, 1.165) is 19.4 Å². The van der Waals surface area contributed by atoms with Crippen molar-refractivity contribution in [2.24, 2.45) is 0 Å². The molecule has 0 saturated carbocycles. The van der Waals surface area contributed by atoms with Crippen molar-refractivity contribution in [1.82, 2.24) is 4.90 Å². The van der Waals surface area contributed by atoms with Crippen LogP contribution >= 0.6 is 0 Å². The van der Waals surface area contributed by atoms with Crippen molar-refractivity contribution in [1.29, 1.82) is 0 Å². The van der Waals surface area contributed by atoms with Crippen LogP contribution in [0.25, 0.3) is 0 Å². The van der Waals surface area contributed by atoms with Crippen LogP contribution < -0.4 is 0 Å². The number of nitrogens with zero attached hydrogens (tertiary/aromatic N) is 1. The summed E-state index contributed by atoms with van der Waals surface area (Å²) in [6.07, 6.45) is 2.64. The standard InChI is InChI=1S/C19H39NO3Si/c1-10-22-17(21)12-11-15-13-16(14-20(15)18(2,3)4)23-24(8,9)19(5,6)7/h15-16H,10-14H2,1-9H3/t15-,16-/m1/s1. The smallest absolute Gasteiger partial charge is 0.305 e. The molecular formula is C19H39NO3Si. The molecule has 0 radical (unpaired) electrons. The summed E-state index contributed by atoms with van der Waals surface area (Å²) in [5.41, 5.74) is 0.0882. The first kappa shape index (κ1) is 21.6. The van der Waals surface area contributed by atoms with Gasteiger partial charge in [0.15, 0.2) is 8.32 Å². The Labute approximate surface area is 150 Å². The maximum Gasteiger partial charge on any atom is 0.305 e. The number of likely N-dealkylation sites (tertiary alicyclic amines) is 1. The number of hydrogen-bond acceptors (Lipinski definition) is 4. The lowest BCUT2D eigenvalue weighted by molar-refractivity contribution is -0.143. The minimum atomic E-state index is -1.76. The highest BCUT2D eigenvalue weighted by atomic mass is 28.4. The zero-order valence-corrected chi connectivity index (χ0v) is 18.4. The van der Waals surface area contributed by atoms with Gasteiger partial charge in [0.05, 0.1) is 12.7 Å². The zero-order valence-electron chi connectivity index (χ0n) is 17.4. The molecule has 0 unspecified atom stereocenters. The third-order valence-corrected chi connectivity index (χ3v) is 10.0. The van der Waals surface area contributed by atoms with E-state index in [1.807, 2.05) is 6.92 Å².